The van der Waals surface area contributed by atoms with Crippen LogP contribution in [0.1, 0.15) is 26.3 Å². The maximum atomic E-state index is 12.5. The molecule has 0 atom stereocenters. The van der Waals surface area contributed by atoms with Crippen molar-refractivity contribution < 1.29 is 14.3 Å². The molecule has 3 aromatic rings. The molecule has 0 fully saturated rings. The van der Waals surface area contributed by atoms with Crippen LogP contribution in [0.15, 0.2) is 60.7 Å². The van der Waals surface area contributed by atoms with Crippen LogP contribution in [0.5, 0.6) is 5.75 Å². The van der Waals surface area contributed by atoms with E-state index in [1.807, 2.05) is 43.3 Å². The Hall–Kier alpha value is -3.34. The molecule has 5 nitrogen and oxygen atoms in total. The Morgan fingerprint density at radius 3 is 2.08 bits per heavy atom. The van der Waals surface area contributed by atoms with Gasteiger partial charge in [0, 0.05) is 5.56 Å². The maximum absolute atomic E-state index is 12.5. The predicted octanol–water partition coefficient (Wildman–Crippen LogP) is 3.23. The number of ether oxygens (including phenoxy) is 1. The van der Waals surface area contributed by atoms with Crippen LogP contribution in [0.4, 0.5) is 0 Å². The summed E-state index contributed by atoms with van der Waals surface area (Å²) in [5.41, 5.74) is 6.73. The zero-order valence-corrected chi connectivity index (χ0v) is 14.0. The van der Waals surface area contributed by atoms with E-state index in [2.05, 4.69) is 10.9 Å². The Morgan fingerprint density at radius 2 is 1.44 bits per heavy atom. The number of fused-ring (bicyclic) bond motifs is 1. The van der Waals surface area contributed by atoms with Gasteiger partial charge in [0.2, 0.25) is 0 Å². The minimum Gasteiger partial charge on any atom is -0.496 e. The van der Waals surface area contributed by atoms with Crippen molar-refractivity contribution >= 4 is 22.6 Å². The molecule has 126 valence electrons. The molecule has 0 aromatic heterocycles. The molecular formula is C20H18N2O3. The number of aryl methyl sites for hydroxylation is 1. The average Bonchev–Trinajstić information content (AvgIpc) is 2.65. The number of nitrogens with one attached hydrogen (secondary N) is 2. The summed E-state index contributed by atoms with van der Waals surface area (Å²) in [6, 6.07) is 18.3. The van der Waals surface area contributed by atoms with E-state index in [0.29, 0.717) is 16.9 Å². The van der Waals surface area contributed by atoms with Gasteiger partial charge in [0.05, 0.1) is 12.7 Å². The minimum atomic E-state index is -0.442. The molecule has 0 saturated heterocycles. The van der Waals surface area contributed by atoms with Crippen molar-refractivity contribution in [3.05, 3.63) is 77.4 Å². The fourth-order valence-corrected chi connectivity index (χ4v) is 2.52. The number of amides is 2. The molecule has 0 saturated carbocycles. The lowest BCUT2D eigenvalue weighted by molar-refractivity contribution is 0.0845. The van der Waals surface area contributed by atoms with Gasteiger partial charge in [0.1, 0.15) is 5.75 Å². The number of benzene rings is 3. The quantitative estimate of drug-likeness (QED) is 0.723. The van der Waals surface area contributed by atoms with Gasteiger partial charge >= 0.3 is 0 Å². The molecule has 25 heavy (non-hydrogen) atoms. The Morgan fingerprint density at radius 1 is 0.840 bits per heavy atom. The molecule has 0 heterocycles. The second-order valence-corrected chi connectivity index (χ2v) is 5.67. The zero-order valence-electron chi connectivity index (χ0n) is 14.0. The number of carbonyl (C=O) groups excluding carboxylic acids is 2. The highest BCUT2D eigenvalue weighted by Crippen LogP contribution is 2.25. The highest BCUT2D eigenvalue weighted by molar-refractivity contribution is 6.03. The molecular weight excluding hydrogens is 316 g/mol. The summed E-state index contributed by atoms with van der Waals surface area (Å²) < 4.78 is 5.31. The highest BCUT2D eigenvalue weighted by atomic mass is 16.5. The van der Waals surface area contributed by atoms with E-state index in [0.717, 1.165) is 16.3 Å². The summed E-state index contributed by atoms with van der Waals surface area (Å²) >= 11 is 0. The molecule has 5 heteroatoms. The number of carbonyl (C=O) groups is 2. The standard InChI is InChI=1S/C20H18N2O3/c1-13-7-9-14(10-8-13)19(23)21-22-20(24)17-11-15-5-3-4-6-16(15)12-18(17)25-2/h3-12H,1-2H3,(H,21,23)(H,22,24). The number of hydrazine groups is 1. The molecule has 0 unspecified atom stereocenters. The number of hydrogen-bond acceptors (Lipinski definition) is 3. The van der Waals surface area contributed by atoms with Crippen molar-refractivity contribution in [1.82, 2.24) is 10.9 Å². The molecule has 0 aliphatic heterocycles. The lowest BCUT2D eigenvalue weighted by Gasteiger charge is -2.12. The Bertz CT molecular complexity index is 933. The van der Waals surface area contributed by atoms with E-state index in [-0.39, 0.29) is 5.91 Å². The summed E-state index contributed by atoms with van der Waals surface area (Å²) in [6.45, 7) is 1.94. The molecule has 0 spiro atoms. The molecule has 0 aliphatic carbocycles. The van der Waals surface area contributed by atoms with Gasteiger partial charge in [-0.1, -0.05) is 42.0 Å². The molecule has 2 amide bonds. The molecule has 3 aromatic carbocycles. The van der Waals surface area contributed by atoms with Crippen molar-refractivity contribution in [2.45, 2.75) is 6.92 Å². The number of rotatable bonds is 3. The molecule has 0 aliphatic rings. The van der Waals surface area contributed by atoms with Gasteiger partial charge in [-0.25, -0.2) is 0 Å². The Balaban J connectivity index is 1.77. The molecule has 2 N–H and O–H groups in total. The van der Waals surface area contributed by atoms with E-state index in [9.17, 15) is 9.59 Å². The van der Waals surface area contributed by atoms with E-state index in [1.165, 1.54) is 7.11 Å². The van der Waals surface area contributed by atoms with Crippen molar-refractivity contribution in [3.63, 3.8) is 0 Å². The molecule has 3 rings (SSSR count). The van der Waals surface area contributed by atoms with Crippen LogP contribution in [-0.4, -0.2) is 18.9 Å². The Labute approximate surface area is 145 Å². The zero-order chi connectivity index (χ0) is 17.8. The molecule has 0 bridgehead atoms. The third-order valence-corrected chi connectivity index (χ3v) is 3.92. The first kappa shape index (κ1) is 16.5. The Kier molecular flexibility index (Phi) is 4.66. The van der Waals surface area contributed by atoms with Gasteiger partial charge in [-0.05, 0) is 42.0 Å². The summed E-state index contributed by atoms with van der Waals surface area (Å²) in [5.74, 6) is -0.378. The van der Waals surface area contributed by atoms with Gasteiger partial charge in [0.25, 0.3) is 11.8 Å². The first-order valence-corrected chi connectivity index (χ1v) is 7.82. The smallest absolute Gasteiger partial charge is 0.273 e. The normalized spacial score (nSPS) is 10.3. The van der Waals surface area contributed by atoms with Gasteiger partial charge < -0.3 is 4.74 Å². The summed E-state index contributed by atoms with van der Waals surface area (Å²) in [4.78, 5) is 24.6. The van der Waals surface area contributed by atoms with Crippen molar-refractivity contribution in [2.75, 3.05) is 7.11 Å². The van der Waals surface area contributed by atoms with Crippen LogP contribution >= 0.6 is 0 Å². The SMILES string of the molecule is COc1cc2ccccc2cc1C(=O)NNC(=O)c1ccc(C)cc1. The second kappa shape index (κ2) is 7.05. The number of methoxy groups -OCH3 is 1. The van der Waals surface area contributed by atoms with Gasteiger partial charge in [-0.15, -0.1) is 0 Å². The van der Waals surface area contributed by atoms with Crippen LogP contribution in [0.2, 0.25) is 0 Å². The van der Waals surface area contributed by atoms with Crippen molar-refractivity contribution in [2.24, 2.45) is 0 Å². The highest BCUT2D eigenvalue weighted by Gasteiger charge is 2.15. The van der Waals surface area contributed by atoms with Crippen LogP contribution in [-0.2, 0) is 0 Å². The monoisotopic (exact) mass is 334 g/mol. The van der Waals surface area contributed by atoms with Crippen molar-refractivity contribution in [3.8, 4) is 5.75 Å². The fraction of sp³-hybridized carbons (Fsp3) is 0.100. The van der Waals surface area contributed by atoms with Crippen LogP contribution in [0.25, 0.3) is 10.8 Å². The first-order chi connectivity index (χ1) is 12.1. The topological polar surface area (TPSA) is 67.4 Å². The van der Waals surface area contributed by atoms with E-state index in [1.54, 1.807) is 24.3 Å². The van der Waals surface area contributed by atoms with Crippen molar-refractivity contribution in [1.29, 1.82) is 0 Å². The van der Waals surface area contributed by atoms with E-state index < -0.39 is 5.91 Å². The van der Waals surface area contributed by atoms with E-state index >= 15 is 0 Å². The van der Waals surface area contributed by atoms with Crippen LogP contribution < -0.4 is 15.6 Å². The summed E-state index contributed by atoms with van der Waals surface area (Å²) in [5, 5.41) is 1.89. The molecule has 0 radical (unpaired) electrons. The predicted molar refractivity (Wildman–Crippen MR) is 96.6 cm³/mol. The lowest BCUT2D eigenvalue weighted by atomic mass is 10.1. The fourth-order valence-electron chi connectivity index (χ4n) is 2.52. The largest absolute Gasteiger partial charge is 0.496 e. The van der Waals surface area contributed by atoms with Gasteiger partial charge in [-0.2, -0.15) is 0 Å². The van der Waals surface area contributed by atoms with E-state index in [4.69, 9.17) is 4.74 Å². The summed E-state index contributed by atoms with van der Waals surface area (Å²) in [7, 11) is 1.51. The maximum Gasteiger partial charge on any atom is 0.273 e. The van der Waals surface area contributed by atoms with Crippen LogP contribution in [0.3, 0.4) is 0 Å². The third kappa shape index (κ3) is 3.61. The average molecular weight is 334 g/mol. The first-order valence-electron chi connectivity index (χ1n) is 7.82. The minimum absolute atomic E-state index is 0.352. The lowest BCUT2D eigenvalue weighted by Crippen LogP contribution is -2.41. The summed E-state index contributed by atoms with van der Waals surface area (Å²) in [6.07, 6.45) is 0. The second-order valence-electron chi connectivity index (χ2n) is 5.67. The third-order valence-electron chi connectivity index (χ3n) is 3.92. The van der Waals surface area contributed by atoms with Gasteiger partial charge in [-0.3, -0.25) is 20.4 Å². The van der Waals surface area contributed by atoms with Crippen LogP contribution in [0, 0.1) is 6.92 Å². The number of hydrogen-bond donors (Lipinski definition) is 2. The van der Waals surface area contributed by atoms with Gasteiger partial charge in [0.15, 0.2) is 0 Å².